The number of hydrogen-bond donors (Lipinski definition) is 2. The minimum absolute atomic E-state index is 0.416. The van der Waals surface area contributed by atoms with Crippen LogP contribution in [0.2, 0.25) is 0 Å². The zero-order valence-corrected chi connectivity index (χ0v) is 11.8. The van der Waals surface area contributed by atoms with Gasteiger partial charge in [0.2, 0.25) is 0 Å². The van der Waals surface area contributed by atoms with Crippen LogP contribution in [0.25, 0.3) is 0 Å². The van der Waals surface area contributed by atoms with Gasteiger partial charge in [-0.1, -0.05) is 0 Å². The molecule has 1 unspecified atom stereocenters. The zero-order chi connectivity index (χ0) is 13.7. The largest absolute Gasteiger partial charge is 0.389 e. The Morgan fingerprint density at radius 3 is 2.58 bits per heavy atom. The van der Waals surface area contributed by atoms with E-state index in [2.05, 4.69) is 22.3 Å². The topological polar surface area (TPSA) is 44.7 Å². The Bertz CT molecular complexity index is 374. The lowest BCUT2D eigenvalue weighted by atomic mass is 10.2. The Hall–Kier alpha value is -1.26. The van der Waals surface area contributed by atoms with Crippen molar-refractivity contribution in [3.8, 4) is 0 Å². The quantitative estimate of drug-likeness (QED) is 0.753. The fourth-order valence-electron chi connectivity index (χ4n) is 1.83. The summed E-state index contributed by atoms with van der Waals surface area (Å²) >= 11 is 0. The van der Waals surface area contributed by atoms with Gasteiger partial charge in [-0.25, -0.2) is 0 Å². The third-order valence-corrected chi connectivity index (χ3v) is 3.29. The molecule has 1 aliphatic rings. The molecule has 0 aromatic heterocycles. The number of nitrogens with zero attached hydrogens (tertiary/aromatic N) is 1. The summed E-state index contributed by atoms with van der Waals surface area (Å²) in [7, 11) is 4.03. The van der Waals surface area contributed by atoms with E-state index in [1.807, 2.05) is 26.2 Å². The number of benzene rings is 1. The molecule has 0 radical (unpaired) electrons. The smallest absolute Gasteiger partial charge is 0.0945 e. The first kappa shape index (κ1) is 14.2. The van der Waals surface area contributed by atoms with Crippen LogP contribution in [0.4, 0.5) is 11.4 Å². The maximum atomic E-state index is 9.79. The second kappa shape index (κ2) is 6.78. The van der Waals surface area contributed by atoms with Crippen LogP contribution >= 0.6 is 0 Å². The highest BCUT2D eigenvalue weighted by Gasteiger charge is 2.21. The molecule has 106 valence electrons. The summed E-state index contributed by atoms with van der Waals surface area (Å²) < 4.78 is 5.46. The third-order valence-electron chi connectivity index (χ3n) is 3.29. The number of hydrogen-bond acceptors (Lipinski definition) is 4. The molecule has 2 N–H and O–H groups in total. The fourth-order valence-corrected chi connectivity index (χ4v) is 1.83. The molecule has 0 bridgehead atoms. The van der Waals surface area contributed by atoms with Crippen molar-refractivity contribution in [3.63, 3.8) is 0 Å². The van der Waals surface area contributed by atoms with Crippen molar-refractivity contribution < 1.29 is 9.84 Å². The molecule has 1 fully saturated rings. The fraction of sp³-hybridized carbons (Fsp3) is 0.600. The molecular weight excluding hydrogens is 240 g/mol. The number of aliphatic hydroxyl groups excluding tert-OH is 1. The van der Waals surface area contributed by atoms with Gasteiger partial charge in [0, 0.05) is 38.6 Å². The lowest BCUT2D eigenvalue weighted by molar-refractivity contribution is 0.0386. The van der Waals surface area contributed by atoms with Crippen molar-refractivity contribution in [2.75, 3.05) is 44.1 Å². The van der Waals surface area contributed by atoms with Gasteiger partial charge in [0.05, 0.1) is 12.7 Å². The third kappa shape index (κ3) is 5.09. The van der Waals surface area contributed by atoms with Gasteiger partial charge >= 0.3 is 0 Å². The number of ether oxygens (including phenoxy) is 1. The number of nitrogens with one attached hydrogen (secondary N) is 1. The molecule has 0 saturated heterocycles. The highest BCUT2D eigenvalue weighted by molar-refractivity contribution is 5.54. The standard InChI is InChI=1S/C15H24N2O2/c1-17(2)14-7-5-13(6-8-14)16-9-15(18)11-19-10-12-3-4-12/h5-8,12,15-16,18H,3-4,9-11H2,1-2H3. The van der Waals surface area contributed by atoms with E-state index in [1.165, 1.54) is 18.5 Å². The summed E-state index contributed by atoms with van der Waals surface area (Å²) in [5, 5.41) is 13.0. The van der Waals surface area contributed by atoms with Crippen molar-refractivity contribution in [3.05, 3.63) is 24.3 Å². The Balaban J connectivity index is 1.65. The number of aliphatic hydroxyl groups is 1. The molecule has 4 nitrogen and oxygen atoms in total. The highest BCUT2D eigenvalue weighted by Crippen LogP contribution is 2.28. The van der Waals surface area contributed by atoms with Crippen LogP contribution in [0.5, 0.6) is 0 Å². The summed E-state index contributed by atoms with van der Waals surface area (Å²) in [6, 6.07) is 8.15. The van der Waals surface area contributed by atoms with E-state index < -0.39 is 6.10 Å². The first-order valence-electron chi connectivity index (χ1n) is 6.92. The molecule has 0 aliphatic heterocycles. The summed E-state index contributed by atoms with van der Waals surface area (Å²) in [6.45, 7) is 1.74. The maximum Gasteiger partial charge on any atom is 0.0945 e. The van der Waals surface area contributed by atoms with Crippen LogP contribution in [-0.4, -0.2) is 45.1 Å². The Morgan fingerprint density at radius 2 is 2.00 bits per heavy atom. The predicted octanol–water partition coefficient (Wildman–Crippen LogP) is 1.95. The summed E-state index contributed by atoms with van der Waals surface area (Å²) in [4.78, 5) is 2.06. The molecule has 0 amide bonds. The minimum atomic E-state index is -0.452. The molecular formula is C15H24N2O2. The molecule has 0 spiro atoms. The van der Waals surface area contributed by atoms with Crippen LogP contribution in [0, 0.1) is 5.92 Å². The Labute approximate surface area is 115 Å². The van der Waals surface area contributed by atoms with Gasteiger partial charge in [-0.05, 0) is 43.0 Å². The van der Waals surface area contributed by atoms with Crippen molar-refractivity contribution >= 4 is 11.4 Å². The lowest BCUT2D eigenvalue weighted by Gasteiger charge is -2.15. The van der Waals surface area contributed by atoms with E-state index in [9.17, 15) is 5.11 Å². The minimum Gasteiger partial charge on any atom is -0.389 e. The van der Waals surface area contributed by atoms with Crippen LogP contribution < -0.4 is 10.2 Å². The van der Waals surface area contributed by atoms with Crippen LogP contribution in [-0.2, 0) is 4.74 Å². The number of rotatable bonds is 8. The molecule has 1 atom stereocenters. The average Bonchev–Trinajstić information content (AvgIpc) is 3.21. The van der Waals surface area contributed by atoms with E-state index in [4.69, 9.17) is 4.74 Å². The van der Waals surface area contributed by atoms with Crippen LogP contribution in [0.15, 0.2) is 24.3 Å². The van der Waals surface area contributed by atoms with Crippen LogP contribution in [0.3, 0.4) is 0 Å². The van der Waals surface area contributed by atoms with Gasteiger partial charge < -0.3 is 20.1 Å². The monoisotopic (exact) mass is 264 g/mol. The molecule has 1 aromatic rings. The SMILES string of the molecule is CN(C)c1ccc(NCC(O)COCC2CC2)cc1. The van der Waals surface area contributed by atoms with Crippen molar-refractivity contribution in [1.82, 2.24) is 0 Å². The van der Waals surface area contributed by atoms with E-state index in [-0.39, 0.29) is 0 Å². The van der Waals surface area contributed by atoms with Crippen molar-refractivity contribution in [1.29, 1.82) is 0 Å². The number of anilines is 2. The predicted molar refractivity (Wildman–Crippen MR) is 78.8 cm³/mol. The summed E-state index contributed by atoms with van der Waals surface area (Å²) in [5.41, 5.74) is 2.19. The summed E-state index contributed by atoms with van der Waals surface area (Å²) in [6.07, 6.45) is 2.12. The highest BCUT2D eigenvalue weighted by atomic mass is 16.5. The van der Waals surface area contributed by atoms with E-state index in [1.54, 1.807) is 0 Å². The van der Waals surface area contributed by atoms with Gasteiger partial charge in [0.25, 0.3) is 0 Å². The van der Waals surface area contributed by atoms with Gasteiger partial charge in [0.1, 0.15) is 0 Å². The normalized spacial score (nSPS) is 16.2. The van der Waals surface area contributed by atoms with Crippen LogP contribution in [0.1, 0.15) is 12.8 Å². The van der Waals surface area contributed by atoms with E-state index >= 15 is 0 Å². The van der Waals surface area contributed by atoms with E-state index in [0.717, 1.165) is 18.2 Å². The van der Waals surface area contributed by atoms with Gasteiger partial charge in [-0.2, -0.15) is 0 Å². The van der Waals surface area contributed by atoms with Gasteiger partial charge in [0.15, 0.2) is 0 Å². The molecule has 19 heavy (non-hydrogen) atoms. The zero-order valence-electron chi connectivity index (χ0n) is 11.8. The second-order valence-corrected chi connectivity index (χ2v) is 5.46. The first-order valence-corrected chi connectivity index (χ1v) is 6.92. The Kier molecular flexibility index (Phi) is 5.05. The molecule has 1 saturated carbocycles. The first-order chi connectivity index (χ1) is 9.15. The van der Waals surface area contributed by atoms with Gasteiger partial charge in [-0.3, -0.25) is 0 Å². The molecule has 1 aliphatic carbocycles. The average molecular weight is 264 g/mol. The lowest BCUT2D eigenvalue weighted by Crippen LogP contribution is -2.25. The summed E-state index contributed by atoms with van der Waals surface area (Å²) in [5.74, 6) is 0.749. The maximum absolute atomic E-state index is 9.79. The van der Waals surface area contributed by atoms with Gasteiger partial charge in [-0.15, -0.1) is 0 Å². The molecule has 2 rings (SSSR count). The van der Waals surface area contributed by atoms with E-state index in [0.29, 0.717) is 13.2 Å². The van der Waals surface area contributed by atoms with Crippen molar-refractivity contribution in [2.24, 2.45) is 5.92 Å². The second-order valence-electron chi connectivity index (χ2n) is 5.46. The molecule has 0 heterocycles. The van der Waals surface area contributed by atoms with Crippen molar-refractivity contribution in [2.45, 2.75) is 18.9 Å². The molecule has 1 aromatic carbocycles. The Morgan fingerprint density at radius 1 is 1.32 bits per heavy atom. The molecule has 4 heteroatoms.